The van der Waals surface area contributed by atoms with E-state index in [1.54, 1.807) is 4.90 Å². The molecule has 1 amide bonds. The van der Waals surface area contributed by atoms with Crippen LogP contribution in [0.5, 0.6) is 0 Å². The summed E-state index contributed by atoms with van der Waals surface area (Å²) in [5.74, 6) is 0.393. The van der Waals surface area contributed by atoms with Crippen molar-refractivity contribution in [3.8, 4) is 11.1 Å². The van der Waals surface area contributed by atoms with Crippen LogP contribution in [0.3, 0.4) is 0 Å². The maximum absolute atomic E-state index is 13.2. The highest BCUT2D eigenvalue weighted by Crippen LogP contribution is 2.38. The van der Waals surface area contributed by atoms with Crippen LogP contribution in [0.1, 0.15) is 43.5 Å². The first-order chi connectivity index (χ1) is 17.0. The number of carbonyl (C=O) groups is 1. The van der Waals surface area contributed by atoms with Gasteiger partial charge >= 0.3 is 6.18 Å². The van der Waals surface area contributed by atoms with E-state index >= 15 is 0 Å². The SMILES string of the molecule is CC(C)(CN1CCC(CNc2ccc(-c3ccc(C(=O)N4CC[C@H](O)C4)cc3)cc2)CC1)C(F)(F)F. The number of β-amino-alcohol motifs (C(OH)–C–C–N with tert-alkyl or cyclic N) is 1. The lowest BCUT2D eigenvalue weighted by atomic mass is 9.89. The van der Waals surface area contributed by atoms with Crippen molar-refractivity contribution in [3.05, 3.63) is 54.1 Å². The molecule has 2 saturated heterocycles. The zero-order valence-corrected chi connectivity index (χ0v) is 21.0. The summed E-state index contributed by atoms with van der Waals surface area (Å²) in [5, 5.41) is 13.1. The van der Waals surface area contributed by atoms with Gasteiger partial charge in [0.25, 0.3) is 5.91 Å². The third kappa shape index (κ3) is 6.40. The van der Waals surface area contributed by atoms with E-state index in [2.05, 4.69) is 5.32 Å². The highest BCUT2D eigenvalue weighted by atomic mass is 19.4. The quantitative estimate of drug-likeness (QED) is 0.540. The average Bonchev–Trinajstić information content (AvgIpc) is 3.29. The van der Waals surface area contributed by atoms with E-state index in [0.717, 1.165) is 36.2 Å². The zero-order valence-electron chi connectivity index (χ0n) is 21.0. The summed E-state index contributed by atoms with van der Waals surface area (Å²) in [6.07, 6.45) is -2.21. The molecule has 36 heavy (non-hydrogen) atoms. The molecular formula is C28H36F3N3O2. The summed E-state index contributed by atoms with van der Waals surface area (Å²) in [5.41, 5.74) is 2.02. The summed E-state index contributed by atoms with van der Waals surface area (Å²) in [6, 6.07) is 15.7. The van der Waals surface area contributed by atoms with Gasteiger partial charge < -0.3 is 20.2 Å². The fourth-order valence-electron chi connectivity index (χ4n) is 4.95. The van der Waals surface area contributed by atoms with Gasteiger partial charge in [-0.15, -0.1) is 0 Å². The first kappa shape index (κ1) is 26.5. The van der Waals surface area contributed by atoms with Crippen LogP contribution in [-0.4, -0.2) is 72.4 Å². The van der Waals surface area contributed by atoms with Gasteiger partial charge in [-0.3, -0.25) is 4.79 Å². The van der Waals surface area contributed by atoms with Crippen LogP contribution in [0.25, 0.3) is 11.1 Å². The van der Waals surface area contributed by atoms with E-state index in [9.17, 15) is 23.1 Å². The molecule has 1 atom stereocenters. The maximum atomic E-state index is 13.2. The molecule has 2 fully saturated rings. The van der Waals surface area contributed by atoms with Crippen LogP contribution >= 0.6 is 0 Å². The first-order valence-corrected chi connectivity index (χ1v) is 12.7. The van der Waals surface area contributed by atoms with E-state index in [0.29, 0.717) is 44.1 Å². The summed E-state index contributed by atoms with van der Waals surface area (Å²) in [7, 11) is 0. The number of amides is 1. The molecule has 2 heterocycles. The van der Waals surface area contributed by atoms with Crippen molar-refractivity contribution in [2.24, 2.45) is 11.3 Å². The molecule has 2 aromatic rings. The van der Waals surface area contributed by atoms with E-state index in [1.807, 2.05) is 53.4 Å². The molecule has 0 aliphatic carbocycles. The molecule has 0 aromatic heterocycles. The lowest BCUT2D eigenvalue weighted by Gasteiger charge is -2.38. The van der Waals surface area contributed by atoms with Crippen LogP contribution in [0.15, 0.2) is 48.5 Å². The van der Waals surface area contributed by atoms with Crippen LogP contribution in [-0.2, 0) is 0 Å². The third-order valence-corrected chi connectivity index (χ3v) is 7.49. The van der Waals surface area contributed by atoms with Crippen LogP contribution in [0, 0.1) is 11.3 Å². The van der Waals surface area contributed by atoms with Crippen LogP contribution in [0.4, 0.5) is 18.9 Å². The Morgan fingerprint density at radius 3 is 2.06 bits per heavy atom. The molecule has 0 unspecified atom stereocenters. The zero-order chi connectivity index (χ0) is 25.9. The van der Waals surface area contributed by atoms with Crippen molar-refractivity contribution >= 4 is 11.6 Å². The second kappa shape index (κ2) is 10.8. The minimum atomic E-state index is -4.19. The molecule has 196 valence electrons. The van der Waals surface area contributed by atoms with E-state index in [-0.39, 0.29) is 12.5 Å². The second-order valence-electron chi connectivity index (χ2n) is 10.8. The Kier molecular flexibility index (Phi) is 7.95. The number of carbonyl (C=O) groups excluding carboxylic acids is 1. The van der Waals surface area contributed by atoms with Gasteiger partial charge in [0, 0.05) is 37.4 Å². The normalized spacial score (nSPS) is 20.1. The summed E-state index contributed by atoms with van der Waals surface area (Å²) in [4.78, 5) is 16.2. The molecule has 2 aliphatic rings. The first-order valence-electron chi connectivity index (χ1n) is 12.7. The molecule has 0 spiro atoms. The lowest BCUT2D eigenvalue weighted by molar-refractivity contribution is -0.217. The Morgan fingerprint density at radius 2 is 1.53 bits per heavy atom. The standard InChI is InChI=1S/C28H36F3N3O2/c1-27(2,28(29,30)31)19-33-14-11-20(12-15-33)17-32-24-9-7-22(8-10-24)21-3-5-23(6-4-21)26(36)34-16-13-25(35)18-34/h3-10,20,25,32,35H,11-19H2,1-2H3/t25-/m0/s1. The lowest BCUT2D eigenvalue weighted by Crippen LogP contribution is -2.46. The molecular weight excluding hydrogens is 467 g/mol. The number of aliphatic hydroxyl groups excluding tert-OH is 1. The van der Waals surface area contributed by atoms with Crippen molar-refractivity contribution in [2.75, 3.05) is 44.6 Å². The number of halogens is 3. The minimum absolute atomic E-state index is 0.0486. The van der Waals surface area contributed by atoms with Gasteiger partial charge in [0.05, 0.1) is 11.5 Å². The molecule has 2 aliphatic heterocycles. The van der Waals surface area contributed by atoms with Gasteiger partial charge in [-0.25, -0.2) is 0 Å². The van der Waals surface area contributed by atoms with Crippen LogP contribution < -0.4 is 5.32 Å². The molecule has 0 radical (unpaired) electrons. The smallest absolute Gasteiger partial charge is 0.391 e. The number of likely N-dealkylation sites (tertiary alicyclic amines) is 2. The summed E-state index contributed by atoms with van der Waals surface area (Å²) < 4.78 is 39.5. The number of rotatable bonds is 7. The van der Waals surface area contributed by atoms with Crippen molar-refractivity contribution < 1.29 is 23.1 Å². The molecule has 8 heteroatoms. The minimum Gasteiger partial charge on any atom is -0.391 e. The van der Waals surface area contributed by atoms with Gasteiger partial charge in [-0.05, 0) is 87.5 Å². The van der Waals surface area contributed by atoms with E-state index in [1.165, 1.54) is 13.8 Å². The van der Waals surface area contributed by atoms with Gasteiger partial charge in [0.2, 0.25) is 0 Å². The second-order valence-corrected chi connectivity index (χ2v) is 10.8. The van der Waals surface area contributed by atoms with Crippen LogP contribution in [0.2, 0.25) is 0 Å². The molecule has 0 bridgehead atoms. The Balaban J connectivity index is 1.24. The molecule has 2 aromatic carbocycles. The Bertz CT molecular complexity index is 1010. The highest BCUT2D eigenvalue weighted by molar-refractivity contribution is 5.95. The number of nitrogens with zero attached hydrogens (tertiary/aromatic N) is 2. The largest absolute Gasteiger partial charge is 0.395 e. The van der Waals surface area contributed by atoms with E-state index < -0.39 is 17.7 Å². The summed E-state index contributed by atoms with van der Waals surface area (Å²) in [6.45, 7) is 5.78. The van der Waals surface area contributed by atoms with Gasteiger partial charge in [0.15, 0.2) is 0 Å². The van der Waals surface area contributed by atoms with Gasteiger partial charge in [-0.1, -0.05) is 24.3 Å². The third-order valence-electron chi connectivity index (χ3n) is 7.49. The fourth-order valence-corrected chi connectivity index (χ4v) is 4.95. The van der Waals surface area contributed by atoms with Crippen molar-refractivity contribution in [2.45, 2.75) is 45.4 Å². The van der Waals surface area contributed by atoms with Crippen molar-refractivity contribution in [1.82, 2.24) is 9.80 Å². The number of alkyl halides is 3. The predicted octanol–water partition coefficient (Wildman–Crippen LogP) is 5.27. The van der Waals surface area contributed by atoms with E-state index in [4.69, 9.17) is 0 Å². The Labute approximate surface area is 211 Å². The number of hydrogen-bond acceptors (Lipinski definition) is 4. The molecule has 4 rings (SSSR count). The Hall–Kier alpha value is -2.58. The number of piperidine rings is 1. The Morgan fingerprint density at radius 1 is 0.944 bits per heavy atom. The molecule has 2 N–H and O–H groups in total. The number of hydrogen-bond donors (Lipinski definition) is 2. The number of benzene rings is 2. The predicted molar refractivity (Wildman–Crippen MR) is 136 cm³/mol. The average molecular weight is 504 g/mol. The monoisotopic (exact) mass is 503 g/mol. The summed E-state index contributed by atoms with van der Waals surface area (Å²) >= 11 is 0. The van der Waals surface area contributed by atoms with Gasteiger partial charge in [0.1, 0.15) is 0 Å². The number of nitrogens with one attached hydrogen (secondary N) is 1. The van der Waals surface area contributed by atoms with Gasteiger partial charge in [-0.2, -0.15) is 13.2 Å². The highest BCUT2D eigenvalue weighted by Gasteiger charge is 2.48. The number of aliphatic hydroxyl groups is 1. The maximum Gasteiger partial charge on any atom is 0.395 e. The molecule has 5 nitrogen and oxygen atoms in total. The van der Waals surface area contributed by atoms with Crippen molar-refractivity contribution in [1.29, 1.82) is 0 Å². The number of anilines is 1. The topological polar surface area (TPSA) is 55.8 Å². The molecule has 0 saturated carbocycles. The van der Waals surface area contributed by atoms with Crippen molar-refractivity contribution in [3.63, 3.8) is 0 Å². The fraction of sp³-hybridized carbons (Fsp3) is 0.536.